The molecule has 16 heavy (non-hydrogen) atoms. The van der Waals surface area contributed by atoms with Crippen molar-refractivity contribution in [3.8, 4) is 0 Å². The molecular formula is C12H17NO2S. The van der Waals surface area contributed by atoms with Crippen molar-refractivity contribution in [2.45, 2.75) is 12.8 Å². The standard InChI is InChI=1S/C12H17NO2S/c1-9(12(14)15-6-7-16-2)10-4-3-5-11(13)8-10/h3-5,8-9H,6-7,13H2,1-2H3. The molecule has 1 aromatic carbocycles. The van der Waals surface area contributed by atoms with E-state index >= 15 is 0 Å². The lowest BCUT2D eigenvalue weighted by Gasteiger charge is -2.11. The molecule has 0 aliphatic carbocycles. The second kappa shape index (κ2) is 6.43. The number of carbonyl (C=O) groups is 1. The molecule has 0 aliphatic heterocycles. The third-order valence-corrected chi connectivity index (χ3v) is 2.87. The minimum atomic E-state index is -0.259. The van der Waals surface area contributed by atoms with E-state index in [-0.39, 0.29) is 11.9 Å². The summed E-state index contributed by atoms with van der Waals surface area (Å²) in [6.45, 7) is 2.29. The quantitative estimate of drug-likeness (QED) is 0.486. The molecule has 0 radical (unpaired) electrons. The molecule has 0 bridgehead atoms. The van der Waals surface area contributed by atoms with Crippen LogP contribution in [0.5, 0.6) is 0 Å². The van der Waals surface area contributed by atoms with Gasteiger partial charge in [-0.15, -0.1) is 0 Å². The van der Waals surface area contributed by atoms with E-state index in [0.717, 1.165) is 11.3 Å². The highest BCUT2D eigenvalue weighted by atomic mass is 32.2. The number of rotatable bonds is 5. The lowest BCUT2D eigenvalue weighted by molar-refractivity contribution is -0.144. The highest BCUT2D eigenvalue weighted by Crippen LogP contribution is 2.19. The van der Waals surface area contributed by atoms with Crippen LogP contribution in [-0.4, -0.2) is 24.6 Å². The number of nitrogens with two attached hydrogens (primary N) is 1. The first-order valence-corrected chi connectivity index (χ1v) is 6.55. The first-order chi connectivity index (χ1) is 7.65. The summed E-state index contributed by atoms with van der Waals surface area (Å²) < 4.78 is 5.14. The number of ether oxygens (including phenoxy) is 1. The van der Waals surface area contributed by atoms with E-state index in [2.05, 4.69) is 0 Å². The summed E-state index contributed by atoms with van der Waals surface area (Å²) in [4.78, 5) is 11.7. The predicted octanol–water partition coefficient (Wildman–Crippen LogP) is 2.28. The fraction of sp³-hybridized carbons (Fsp3) is 0.417. The molecule has 2 N–H and O–H groups in total. The molecule has 3 nitrogen and oxygen atoms in total. The molecule has 1 aromatic rings. The molecule has 4 heteroatoms. The SMILES string of the molecule is CSCCOC(=O)C(C)c1cccc(N)c1. The van der Waals surface area contributed by atoms with E-state index in [9.17, 15) is 4.79 Å². The van der Waals surface area contributed by atoms with E-state index in [4.69, 9.17) is 10.5 Å². The van der Waals surface area contributed by atoms with Crippen LogP contribution in [-0.2, 0) is 9.53 Å². The second-order valence-corrected chi connectivity index (χ2v) is 4.54. The molecule has 88 valence electrons. The Hall–Kier alpha value is -1.16. The largest absolute Gasteiger partial charge is 0.464 e. The maximum absolute atomic E-state index is 11.7. The first kappa shape index (κ1) is 12.9. The molecule has 1 atom stereocenters. The number of anilines is 1. The second-order valence-electron chi connectivity index (χ2n) is 3.55. The van der Waals surface area contributed by atoms with Crippen LogP contribution in [0, 0.1) is 0 Å². The van der Waals surface area contributed by atoms with Gasteiger partial charge in [0.15, 0.2) is 0 Å². The number of thioether (sulfide) groups is 1. The summed E-state index contributed by atoms with van der Waals surface area (Å²) in [5.74, 6) is 0.375. The van der Waals surface area contributed by atoms with Crippen molar-refractivity contribution in [2.75, 3.05) is 24.3 Å². The van der Waals surface area contributed by atoms with Gasteiger partial charge in [0, 0.05) is 11.4 Å². The highest BCUT2D eigenvalue weighted by molar-refractivity contribution is 7.98. The Bertz CT molecular complexity index is 355. The van der Waals surface area contributed by atoms with Crippen LogP contribution in [0.3, 0.4) is 0 Å². The summed E-state index contributed by atoms with van der Waals surface area (Å²) in [5.41, 5.74) is 7.23. The van der Waals surface area contributed by atoms with Gasteiger partial charge in [0.05, 0.1) is 5.92 Å². The van der Waals surface area contributed by atoms with E-state index < -0.39 is 0 Å². The number of nitrogen functional groups attached to an aromatic ring is 1. The third-order valence-electron chi connectivity index (χ3n) is 2.30. The van der Waals surface area contributed by atoms with Crippen molar-refractivity contribution in [3.63, 3.8) is 0 Å². The lowest BCUT2D eigenvalue weighted by atomic mass is 10.0. The molecule has 0 amide bonds. The van der Waals surface area contributed by atoms with Gasteiger partial charge in [-0.3, -0.25) is 4.79 Å². The summed E-state index contributed by atoms with van der Waals surface area (Å²) in [5, 5.41) is 0. The van der Waals surface area contributed by atoms with Gasteiger partial charge in [0.25, 0.3) is 0 Å². The average molecular weight is 239 g/mol. The first-order valence-electron chi connectivity index (χ1n) is 5.16. The molecule has 0 saturated heterocycles. The zero-order chi connectivity index (χ0) is 12.0. The van der Waals surface area contributed by atoms with Crippen molar-refractivity contribution in [1.29, 1.82) is 0 Å². The highest BCUT2D eigenvalue weighted by Gasteiger charge is 2.16. The van der Waals surface area contributed by atoms with Gasteiger partial charge >= 0.3 is 5.97 Å². The Morgan fingerprint density at radius 3 is 2.94 bits per heavy atom. The van der Waals surface area contributed by atoms with E-state index in [1.807, 2.05) is 25.3 Å². The maximum Gasteiger partial charge on any atom is 0.313 e. The van der Waals surface area contributed by atoms with Gasteiger partial charge in [-0.25, -0.2) is 0 Å². The molecule has 1 rings (SSSR count). The molecule has 0 saturated carbocycles. The Kier molecular flexibility index (Phi) is 5.19. The van der Waals surface area contributed by atoms with Crippen LogP contribution in [0.4, 0.5) is 5.69 Å². The van der Waals surface area contributed by atoms with Crippen LogP contribution in [0.1, 0.15) is 18.4 Å². The van der Waals surface area contributed by atoms with Gasteiger partial charge in [0.2, 0.25) is 0 Å². The molecular weight excluding hydrogens is 222 g/mol. The average Bonchev–Trinajstić information content (AvgIpc) is 2.28. The van der Waals surface area contributed by atoms with E-state index in [0.29, 0.717) is 12.3 Å². The molecule has 0 fully saturated rings. The maximum atomic E-state index is 11.7. The number of carbonyl (C=O) groups excluding carboxylic acids is 1. The number of esters is 1. The Balaban J connectivity index is 2.56. The third kappa shape index (κ3) is 3.77. The van der Waals surface area contributed by atoms with Gasteiger partial charge < -0.3 is 10.5 Å². The van der Waals surface area contributed by atoms with Crippen molar-refractivity contribution in [1.82, 2.24) is 0 Å². The fourth-order valence-corrected chi connectivity index (χ4v) is 1.57. The summed E-state index contributed by atoms with van der Waals surface area (Å²) in [6, 6.07) is 7.34. The molecule has 1 unspecified atom stereocenters. The molecule has 0 aliphatic rings. The minimum absolute atomic E-state index is 0.195. The van der Waals surface area contributed by atoms with Gasteiger partial charge in [0.1, 0.15) is 6.61 Å². The Labute approximate surface area is 100 Å². The fourth-order valence-electron chi connectivity index (χ4n) is 1.32. The summed E-state index contributed by atoms with van der Waals surface area (Å²) >= 11 is 1.66. The molecule has 0 aromatic heterocycles. The zero-order valence-corrected chi connectivity index (χ0v) is 10.4. The van der Waals surface area contributed by atoms with Crippen molar-refractivity contribution in [2.24, 2.45) is 0 Å². The molecule has 0 spiro atoms. The van der Waals surface area contributed by atoms with Gasteiger partial charge in [-0.2, -0.15) is 11.8 Å². The van der Waals surface area contributed by atoms with Crippen LogP contribution in [0.25, 0.3) is 0 Å². The van der Waals surface area contributed by atoms with E-state index in [1.54, 1.807) is 23.9 Å². The summed E-state index contributed by atoms with van der Waals surface area (Å²) in [6.07, 6.45) is 1.98. The summed E-state index contributed by atoms with van der Waals surface area (Å²) in [7, 11) is 0. The number of benzene rings is 1. The van der Waals surface area contributed by atoms with Crippen LogP contribution >= 0.6 is 11.8 Å². The van der Waals surface area contributed by atoms with Gasteiger partial charge in [-0.05, 0) is 30.9 Å². The van der Waals surface area contributed by atoms with Crippen molar-refractivity contribution >= 4 is 23.4 Å². The van der Waals surface area contributed by atoms with Crippen LogP contribution in [0.2, 0.25) is 0 Å². The minimum Gasteiger partial charge on any atom is -0.464 e. The van der Waals surface area contributed by atoms with Crippen molar-refractivity contribution < 1.29 is 9.53 Å². The Morgan fingerprint density at radius 2 is 2.31 bits per heavy atom. The van der Waals surface area contributed by atoms with Crippen LogP contribution < -0.4 is 5.73 Å². The predicted molar refractivity (Wildman–Crippen MR) is 68.6 cm³/mol. The number of hydrogen-bond acceptors (Lipinski definition) is 4. The normalized spacial score (nSPS) is 12.1. The van der Waals surface area contributed by atoms with Crippen LogP contribution in [0.15, 0.2) is 24.3 Å². The lowest BCUT2D eigenvalue weighted by Crippen LogP contribution is -2.14. The topological polar surface area (TPSA) is 52.3 Å². The molecule has 0 heterocycles. The number of hydrogen-bond donors (Lipinski definition) is 1. The van der Waals surface area contributed by atoms with Crippen molar-refractivity contribution in [3.05, 3.63) is 29.8 Å². The van der Waals surface area contributed by atoms with E-state index in [1.165, 1.54) is 0 Å². The zero-order valence-electron chi connectivity index (χ0n) is 9.60. The smallest absolute Gasteiger partial charge is 0.313 e. The monoisotopic (exact) mass is 239 g/mol. The Morgan fingerprint density at radius 1 is 1.56 bits per heavy atom. The van der Waals surface area contributed by atoms with Gasteiger partial charge in [-0.1, -0.05) is 12.1 Å².